The normalized spacial score (nSPS) is 11.1. The highest BCUT2D eigenvalue weighted by molar-refractivity contribution is 5.91. The number of unbranched alkanes of at least 4 members (excludes halogenated alkanes) is 2. The molecule has 0 spiro atoms. The number of aromatic nitrogens is 1. The van der Waals surface area contributed by atoms with Gasteiger partial charge in [0.05, 0.1) is 18.3 Å². The van der Waals surface area contributed by atoms with Crippen LogP contribution in [0, 0.1) is 11.5 Å². The Morgan fingerprint density at radius 2 is 2.25 bits per heavy atom. The third-order valence-electron chi connectivity index (χ3n) is 3.53. The fourth-order valence-corrected chi connectivity index (χ4v) is 2.35. The van der Waals surface area contributed by atoms with Crippen LogP contribution in [-0.2, 0) is 0 Å². The van der Waals surface area contributed by atoms with E-state index in [1.807, 2.05) is 24.3 Å². The zero-order valence-corrected chi connectivity index (χ0v) is 13.7. The molecule has 7 heteroatoms. The first-order valence-electron chi connectivity index (χ1n) is 7.86. The third kappa shape index (κ3) is 5.02. The molecule has 0 saturated heterocycles. The minimum atomic E-state index is 0.171. The molecule has 4 N–H and O–H groups in total. The smallest absolute Gasteiger partial charge is 0.202 e. The largest absolute Gasteiger partial charge is 0.497 e. The van der Waals surface area contributed by atoms with E-state index in [1.54, 1.807) is 19.5 Å². The number of aliphatic imine (C=N–C) groups is 1. The van der Waals surface area contributed by atoms with Gasteiger partial charge in [-0.05, 0) is 31.4 Å². The van der Waals surface area contributed by atoms with Crippen molar-refractivity contribution in [3.05, 3.63) is 30.5 Å². The van der Waals surface area contributed by atoms with Crippen LogP contribution in [0.25, 0.3) is 10.9 Å². The second-order valence-corrected chi connectivity index (χ2v) is 5.24. The Morgan fingerprint density at radius 1 is 1.38 bits per heavy atom. The van der Waals surface area contributed by atoms with Gasteiger partial charge in [-0.2, -0.15) is 5.26 Å². The first kappa shape index (κ1) is 17.3. The van der Waals surface area contributed by atoms with Crippen LogP contribution >= 0.6 is 0 Å². The van der Waals surface area contributed by atoms with Crippen LogP contribution < -0.4 is 21.1 Å². The SMILES string of the molecule is COc1cc(NCCCCCN=C(N)NC#N)c2ncccc2c1. The number of nitrogens with zero attached hydrogens (tertiary/aromatic N) is 3. The molecule has 0 aliphatic heterocycles. The van der Waals surface area contributed by atoms with Crippen LogP contribution in [-0.4, -0.2) is 31.1 Å². The summed E-state index contributed by atoms with van der Waals surface area (Å²) in [6, 6.07) is 7.88. The summed E-state index contributed by atoms with van der Waals surface area (Å²) in [5, 5.41) is 15.2. The van der Waals surface area contributed by atoms with Crippen molar-refractivity contribution in [2.24, 2.45) is 10.7 Å². The number of rotatable bonds is 8. The average Bonchev–Trinajstić information content (AvgIpc) is 2.60. The lowest BCUT2D eigenvalue weighted by Crippen LogP contribution is -2.27. The number of nitrogens with one attached hydrogen (secondary N) is 2. The van der Waals surface area contributed by atoms with Crippen molar-refractivity contribution in [2.45, 2.75) is 19.3 Å². The zero-order valence-electron chi connectivity index (χ0n) is 13.7. The van der Waals surface area contributed by atoms with Crippen LogP contribution in [0.5, 0.6) is 5.75 Å². The molecule has 7 nitrogen and oxygen atoms in total. The molecule has 0 amide bonds. The number of fused-ring (bicyclic) bond motifs is 1. The molecule has 0 bridgehead atoms. The van der Waals surface area contributed by atoms with Gasteiger partial charge in [0.25, 0.3) is 0 Å². The minimum Gasteiger partial charge on any atom is -0.497 e. The fraction of sp³-hybridized carbons (Fsp3) is 0.353. The Bertz CT molecular complexity index is 737. The lowest BCUT2D eigenvalue weighted by molar-refractivity contribution is 0.415. The van der Waals surface area contributed by atoms with Gasteiger partial charge in [-0.15, -0.1) is 0 Å². The van der Waals surface area contributed by atoms with Gasteiger partial charge in [0.1, 0.15) is 5.75 Å². The molecule has 1 aromatic carbocycles. The Hall–Kier alpha value is -3.01. The summed E-state index contributed by atoms with van der Waals surface area (Å²) in [4.78, 5) is 8.49. The van der Waals surface area contributed by atoms with E-state index in [0.29, 0.717) is 6.54 Å². The van der Waals surface area contributed by atoms with Crippen molar-refractivity contribution in [3.8, 4) is 11.9 Å². The van der Waals surface area contributed by atoms with Gasteiger partial charge in [0.15, 0.2) is 6.19 Å². The Labute approximate surface area is 141 Å². The summed E-state index contributed by atoms with van der Waals surface area (Å²) in [5.41, 5.74) is 7.39. The van der Waals surface area contributed by atoms with Crippen molar-refractivity contribution in [1.29, 1.82) is 5.26 Å². The molecule has 126 valence electrons. The number of benzene rings is 1. The number of hydrogen-bond acceptors (Lipinski definition) is 5. The molecular formula is C17H22N6O. The molecule has 1 aromatic heterocycles. The number of pyridine rings is 1. The fourth-order valence-electron chi connectivity index (χ4n) is 2.35. The van der Waals surface area contributed by atoms with Crippen molar-refractivity contribution in [3.63, 3.8) is 0 Å². The van der Waals surface area contributed by atoms with E-state index in [9.17, 15) is 0 Å². The Kier molecular flexibility index (Phi) is 6.65. The molecule has 0 aliphatic carbocycles. The molecule has 2 rings (SSSR count). The van der Waals surface area contributed by atoms with Crippen molar-refractivity contribution < 1.29 is 4.74 Å². The molecule has 0 saturated carbocycles. The summed E-state index contributed by atoms with van der Waals surface area (Å²) in [6.45, 7) is 1.46. The predicted octanol–water partition coefficient (Wildman–Crippen LogP) is 2.21. The number of anilines is 1. The molecule has 0 atom stereocenters. The van der Waals surface area contributed by atoms with Crippen molar-refractivity contribution >= 4 is 22.5 Å². The number of hydrogen-bond donors (Lipinski definition) is 3. The lowest BCUT2D eigenvalue weighted by Gasteiger charge is -2.11. The van der Waals surface area contributed by atoms with Gasteiger partial charge < -0.3 is 15.8 Å². The van der Waals surface area contributed by atoms with Crippen molar-refractivity contribution in [2.75, 3.05) is 25.5 Å². The van der Waals surface area contributed by atoms with E-state index < -0.39 is 0 Å². The maximum atomic E-state index is 8.39. The molecule has 0 unspecified atom stereocenters. The maximum Gasteiger partial charge on any atom is 0.202 e. The third-order valence-corrected chi connectivity index (χ3v) is 3.53. The molecular weight excluding hydrogens is 304 g/mol. The van der Waals surface area contributed by atoms with Gasteiger partial charge in [0.2, 0.25) is 5.96 Å². The highest BCUT2D eigenvalue weighted by atomic mass is 16.5. The molecule has 0 aliphatic rings. The van der Waals surface area contributed by atoms with Crippen molar-refractivity contribution in [1.82, 2.24) is 10.3 Å². The van der Waals surface area contributed by atoms with E-state index in [1.165, 1.54) is 0 Å². The summed E-state index contributed by atoms with van der Waals surface area (Å²) in [7, 11) is 1.66. The molecule has 0 fully saturated rings. The number of guanidine groups is 1. The zero-order chi connectivity index (χ0) is 17.2. The lowest BCUT2D eigenvalue weighted by atomic mass is 10.1. The summed E-state index contributed by atoms with van der Waals surface area (Å²) in [6.07, 6.45) is 6.48. The minimum absolute atomic E-state index is 0.171. The van der Waals surface area contributed by atoms with E-state index >= 15 is 0 Å². The van der Waals surface area contributed by atoms with Gasteiger partial charge in [-0.1, -0.05) is 6.07 Å². The summed E-state index contributed by atoms with van der Waals surface area (Å²) in [5.74, 6) is 0.984. The van der Waals surface area contributed by atoms with Crippen LogP contribution in [0.4, 0.5) is 5.69 Å². The Balaban J connectivity index is 1.81. The maximum absolute atomic E-state index is 8.39. The van der Waals surface area contributed by atoms with Gasteiger partial charge >= 0.3 is 0 Å². The van der Waals surface area contributed by atoms with Gasteiger partial charge in [0, 0.05) is 30.7 Å². The first-order valence-corrected chi connectivity index (χ1v) is 7.86. The number of ether oxygens (including phenoxy) is 1. The number of methoxy groups -OCH3 is 1. The standard InChI is InChI=1S/C17H22N6O/c1-24-14-10-13-6-5-9-21-16(13)15(11-14)20-7-3-2-4-8-22-17(19)23-12-18/h5-6,9-11,20H,2-4,7-8H2,1H3,(H3,19,22,23). The monoisotopic (exact) mass is 326 g/mol. The van der Waals surface area contributed by atoms with E-state index in [2.05, 4.69) is 20.6 Å². The highest BCUT2D eigenvalue weighted by Gasteiger charge is 2.05. The van der Waals surface area contributed by atoms with Crippen LogP contribution in [0.15, 0.2) is 35.5 Å². The van der Waals surface area contributed by atoms with E-state index in [4.69, 9.17) is 15.7 Å². The molecule has 2 aromatic rings. The van der Waals surface area contributed by atoms with E-state index in [0.717, 1.165) is 48.1 Å². The van der Waals surface area contributed by atoms with Crippen LogP contribution in [0.2, 0.25) is 0 Å². The van der Waals surface area contributed by atoms with Crippen LogP contribution in [0.1, 0.15) is 19.3 Å². The molecule has 1 heterocycles. The van der Waals surface area contributed by atoms with Gasteiger partial charge in [-0.3, -0.25) is 15.3 Å². The van der Waals surface area contributed by atoms with E-state index in [-0.39, 0.29) is 5.96 Å². The number of nitrogens with two attached hydrogens (primary N) is 1. The summed E-state index contributed by atoms with van der Waals surface area (Å²) < 4.78 is 5.34. The predicted molar refractivity (Wildman–Crippen MR) is 95.9 cm³/mol. The second kappa shape index (κ2) is 9.20. The topological polar surface area (TPSA) is 108 Å². The second-order valence-electron chi connectivity index (χ2n) is 5.24. The van der Waals surface area contributed by atoms with Crippen LogP contribution in [0.3, 0.4) is 0 Å². The van der Waals surface area contributed by atoms with Gasteiger partial charge in [-0.25, -0.2) is 0 Å². The first-order chi connectivity index (χ1) is 11.7. The quantitative estimate of drug-likeness (QED) is 0.226. The number of nitriles is 1. The Morgan fingerprint density at radius 3 is 3.04 bits per heavy atom. The molecule has 24 heavy (non-hydrogen) atoms. The summed E-state index contributed by atoms with van der Waals surface area (Å²) >= 11 is 0. The molecule has 0 radical (unpaired) electrons. The highest BCUT2D eigenvalue weighted by Crippen LogP contribution is 2.27. The average molecular weight is 326 g/mol.